The zero-order chi connectivity index (χ0) is 20.6. The minimum atomic E-state index is -0.461. The van der Waals surface area contributed by atoms with E-state index in [1.807, 2.05) is 24.3 Å². The summed E-state index contributed by atoms with van der Waals surface area (Å²) >= 11 is 0. The maximum Gasteiger partial charge on any atom is 0.223 e. The van der Waals surface area contributed by atoms with Crippen molar-refractivity contribution in [2.75, 3.05) is 25.2 Å². The van der Waals surface area contributed by atoms with E-state index >= 15 is 0 Å². The number of hydrogen-bond donors (Lipinski definition) is 0. The van der Waals surface area contributed by atoms with Crippen LogP contribution in [0.25, 0.3) is 0 Å². The van der Waals surface area contributed by atoms with E-state index in [0.717, 1.165) is 37.3 Å². The molecule has 3 rings (SSSR count). The van der Waals surface area contributed by atoms with Gasteiger partial charge in [-0.15, -0.1) is 0 Å². The molecule has 2 aromatic carbocycles. The first-order chi connectivity index (χ1) is 14.0. The predicted octanol–water partition coefficient (Wildman–Crippen LogP) is 4.18. The van der Waals surface area contributed by atoms with Crippen molar-refractivity contribution in [3.8, 4) is 11.5 Å². The van der Waals surface area contributed by atoms with Crippen molar-refractivity contribution < 1.29 is 23.5 Å². The van der Waals surface area contributed by atoms with Crippen molar-refractivity contribution in [2.45, 2.75) is 26.4 Å². The topological polar surface area (TPSA) is 60.4 Å². The average molecular weight is 400 g/mol. The maximum atomic E-state index is 13.9. The Labute approximate surface area is 169 Å². The fourth-order valence-electron chi connectivity index (χ4n) is 2.88. The van der Waals surface area contributed by atoms with E-state index in [-0.39, 0.29) is 18.3 Å². The van der Waals surface area contributed by atoms with Crippen molar-refractivity contribution >= 4 is 17.8 Å². The van der Waals surface area contributed by atoms with E-state index in [1.165, 1.54) is 19.1 Å². The van der Waals surface area contributed by atoms with Gasteiger partial charge in [-0.3, -0.25) is 4.79 Å². The number of hydrogen-bond acceptors (Lipinski definition) is 5. The largest absolute Gasteiger partial charge is 0.489 e. The normalized spacial score (nSPS) is 14.7. The summed E-state index contributed by atoms with van der Waals surface area (Å²) in [4.78, 5) is 18.3. The first-order valence-electron chi connectivity index (χ1n) is 9.56. The molecule has 0 aromatic heterocycles. The van der Waals surface area contributed by atoms with Crippen LogP contribution in [0.3, 0.4) is 0 Å². The van der Waals surface area contributed by atoms with Crippen molar-refractivity contribution in [3.05, 3.63) is 53.8 Å². The van der Waals surface area contributed by atoms with Gasteiger partial charge in [0.05, 0.1) is 0 Å². The van der Waals surface area contributed by atoms with E-state index in [1.54, 1.807) is 24.2 Å². The third-order valence-electron chi connectivity index (χ3n) is 4.74. The molecule has 2 aromatic rings. The molecule has 6 nitrogen and oxygen atoms in total. The summed E-state index contributed by atoms with van der Waals surface area (Å²) in [6, 6.07) is 11.6. The Kier molecular flexibility index (Phi) is 7.19. The smallest absolute Gasteiger partial charge is 0.223 e. The lowest BCUT2D eigenvalue weighted by atomic mass is 10.0. The highest BCUT2D eigenvalue weighted by atomic mass is 19.1. The molecular formula is C22H25FN2O4. The molecule has 1 amide bonds. The molecule has 0 unspecified atom stereocenters. The highest BCUT2D eigenvalue weighted by Gasteiger charge is 2.11. The molecular weight excluding hydrogens is 375 g/mol. The van der Waals surface area contributed by atoms with Gasteiger partial charge in [-0.2, -0.15) is 0 Å². The SMILES string of the molecule is CC(=O)N(C)c1ccc(COc2cc(F)cc(ON=CC3CCOCC3)c2)cc1. The fraction of sp³-hybridized carbons (Fsp3) is 0.364. The molecule has 0 saturated carbocycles. The van der Waals surface area contributed by atoms with Gasteiger partial charge < -0.3 is 19.2 Å². The highest BCUT2D eigenvalue weighted by molar-refractivity contribution is 5.90. The van der Waals surface area contributed by atoms with E-state index in [2.05, 4.69) is 5.16 Å². The maximum absolute atomic E-state index is 13.9. The fourth-order valence-corrected chi connectivity index (χ4v) is 2.88. The standard InChI is InChI=1S/C22H25FN2O4/c1-16(26)25(2)20-5-3-18(4-6-20)15-28-21-11-19(23)12-22(13-21)29-24-14-17-7-9-27-10-8-17/h3-6,11-14,17H,7-10,15H2,1-2H3. The molecule has 1 heterocycles. The summed E-state index contributed by atoms with van der Waals surface area (Å²) in [6.45, 7) is 3.22. The van der Waals surface area contributed by atoms with Gasteiger partial charge in [-0.1, -0.05) is 17.3 Å². The minimum absolute atomic E-state index is 0.0410. The molecule has 0 aliphatic carbocycles. The average Bonchev–Trinajstić information content (AvgIpc) is 2.72. The lowest BCUT2D eigenvalue weighted by Crippen LogP contribution is -2.22. The Balaban J connectivity index is 1.56. The van der Waals surface area contributed by atoms with Crippen LogP contribution in [0.5, 0.6) is 11.5 Å². The monoisotopic (exact) mass is 400 g/mol. The number of rotatable bonds is 7. The molecule has 7 heteroatoms. The molecule has 0 spiro atoms. The summed E-state index contributed by atoms with van der Waals surface area (Å²) in [7, 11) is 1.71. The highest BCUT2D eigenvalue weighted by Crippen LogP contribution is 2.24. The lowest BCUT2D eigenvalue weighted by Gasteiger charge is -2.17. The Morgan fingerprint density at radius 1 is 1.21 bits per heavy atom. The number of benzene rings is 2. The van der Waals surface area contributed by atoms with Crippen molar-refractivity contribution in [3.63, 3.8) is 0 Å². The third kappa shape index (κ3) is 6.29. The number of carbonyl (C=O) groups excluding carboxylic acids is 1. The van der Waals surface area contributed by atoms with E-state index in [0.29, 0.717) is 11.7 Å². The van der Waals surface area contributed by atoms with Crippen LogP contribution in [0.1, 0.15) is 25.3 Å². The molecule has 0 atom stereocenters. The summed E-state index contributed by atoms with van der Waals surface area (Å²) in [5.41, 5.74) is 1.69. The first kappa shape index (κ1) is 20.8. The number of carbonyl (C=O) groups is 1. The lowest BCUT2D eigenvalue weighted by molar-refractivity contribution is -0.116. The van der Waals surface area contributed by atoms with Gasteiger partial charge in [0.25, 0.3) is 0 Å². The molecule has 29 heavy (non-hydrogen) atoms. The Morgan fingerprint density at radius 3 is 2.59 bits per heavy atom. The second kappa shape index (κ2) is 10.0. The van der Waals surface area contributed by atoms with Crippen LogP contribution in [0.15, 0.2) is 47.6 Å². The summed E-state index contributed by atoms with van der Waals surface area (Å²) in [6.07, 6.45) is 3.56. The quantitative estimate of drug-likeness (QED) is 0.517. The van der Waals surface area contributed by atoms with E-state index in [4.69, 9.17) is 14.3 Å². The van der Waals surface area contributed by atoms with Crippen molar-refractivity contribution in [1.82, 2.24) is 0 Å². The molecule has 1 aliphatic rings. The van der Waals surface area contributed by atoms with E-state index in [9.17, 15) is 9.18 Å². The number of amides is 1. The zero-order valence-electron chi connectivity index (χ0n) is 16.6. The minimum Gasteiger partial charge on any atom is -0.489 e. The van der Waals surface area contributed by atoms with Crippen LogP contribution >= 0.6 is 0 Å². The molecule has 1 aliphatic heterocycles. The molecule has 0 bridgehead atoms. The number of oxime groups is 1. The molecule has 1 fully saturated rings. The molecule has 0 N–H and O–H groups in total. The third-order valence-corrected chi connectivity index (χ3v) is 4.74. The second-order valence-electron chi connectivity index (χ2n) is 6.95. The Hall–Kier alpha value is -2.93. The Bertz CT molecular complexity index is 848. The van der Waals surface area contributed by atoms with Gasteiger partial charge in [0, 0.05) is 63.2 Å². The number of ether oxygens (including phenoxy) is 2. The Morgan fingerprint density at radius 2 is 1.90 bits per heavy atom. The van der Waals surface area contributed by atoms with Gasteiger partial charge in [0.2, 0.25) is 5.91 Å². The second-order valence-corrected chi connectivity index (χ2v) is 6.95. The number of nitrogens with zero attached hydrogens (tertiary/aromatic N) is 2. The number of anilines is 1. The zero-order valence-corrected chi connectivity index (χ0v) is 16.6. The van der Waals surface area contributed by atoms with Gasteiger partial charge >= 0.3 is 0 Å². The molecule has 154 valence electrons. The van der Waals surface area contributed by atoms with Crippen LogP contribution in [0.2, 0.25) is 0 Å². The van der Waals surface area contributed by atoms with Crippen LogP contribution in [-0.4, -0.2) is 32.4 Å². The van der Waals surface area contributed by atoms with Gasteiger partial charge in [-0.25, -0.2) is 4.39 Å². The summed E-state index contributed by atoms with van der Waals surface area (Å²) < 4.78 is 24.9. The van der Waals surface area contributed by atoms with Crippen LogP contribution < -0.4 is 14.5 Å². The van der Waals surface area contributed by atoms with Gasteiger partial charge in [0.1, 0.15) is 18.2 Å². The van der Waals surface area contributed by atoms with Crippen LogP contribution in [0, 0.1) is 11.7 Å². The molecule has 0 radical (unpaired) electrons. The first-order valence-corrected chi connectivity index (χ1v) is 9.56. The van der Waals surface area contributed by atoms with Crippen molar-refractivity contribution in [2.24, 2.45) is 11.1 Å². The predicted molar refractivity (Wildman–Crippen MR) is 109 cm³/mol. The van der Waals surface area contributed by atoms with Crippen LogP contribution in [0.4, 0.5) is 10.1 Å². The number of halogens is 1. The van der Waals surface area contributed by atoms with Gasteiger partial charge in [-0.05, 0) is 30.5 Å². The van der Waals surface area contributed by atoms with E-state index < -0.39 is 5.82 Å². The summed E-state index contributed by atoms with van der Waals surface area (Å²) in [5, 5.41) is 3.97. The molecule has 1 saturated heterocycles. The van der Waals surface area contributed by atoms with Crippen LogP contribution in [-0.2, 0) is 16.1 Å². The summed E-state index contributed by atoms with van der Waals surface area (Å²) in [5.74, 6) is 0.448. The van der Waals surface area contributed by atoms with Crippen molar-refractivity contribution in [1.29, 1.82) is 0 Å². The van der Waals surface area contributed by atoms with Gasteiger partial charge in [0.15, 0.2) is 5.75 Å².